The highest BCUT2D eigenvalue weighted by molar-refractivity contribution is 7.89. The number of rotatable bonds is 8. The van der Waals surface area contributed by atoms with Crippen molar-refractivity contribution in [3.8, 4) is 5.75 Å². The van der Waals surface area contributed by atoms with Crippen LogP contribution in [0.1, 0.15) is 29.6 Å². The van der Waals surface area contributed by atoms with E-state index in [1.807, 2.05) is 0 Å². The lowest BCUT2D eigenvalue weighted by Crippen LogP contribution is -2.41. The topological polar surface area (TPSA) is 108 Å². The molecule has 0 spiro atoms. The lowest BCUT2D eigenvalue weighted by molar-refractivity contribution is 0.0209. The average molecular weight is 386 g/mol. The summed E-state index contributed by atoms with van der Waals surface area (Å²) < 4.78 is 42.7. The number of nitrogens with two attached hydrogens (primary N) is 1. The zero-order chi connectivity index (χ0) is 19.2. The quantitative estimate of drug-likeness (QED) is 0.524. The van der Waals surface area contributed by atoms with Crippen LogP contribution in [-0.4, -0.2) is 65.3 Å². The normalized spacial score (nSPS) is 16.4. The molecule has 0 saturated carbocycles. The highest BCUT2D eigenvalue weighted by Gasteiger charge is 2.30. The van der Waals surface area contributed by atoms with Gasteiger partial charge in [0, 0.05) is 19.7 Å². The minimum absolute atomic E-state index is 0.0428. The Labute approximate surface area is 154 Å². The molecule has 0 radical (unpaired) electrons. The number of sulfonamides is 1. The number of nitrogens with zero attached hydrogens (tertiary/aromatic N) is 1. The third-order valence-corrected chi connectivity index (χ3v) is 6.21. The first-order valence-electron chi connectivity index (χ1n) is 8.52. The molecular formula is C17H26N2O6S. The largest absolute Gasteiger partial charge is 0.496 e. The molecule has 9 heteroatoms. The molecule has 0 aromatic heterocycles. The molecule has 0 atom stereocenters. The Hall–Kier alpha value is -1.68. The van der Waals surface area contributed by atoms with Crippen molar-refractivity contribution in [2.24, 2.45) is 5.73 Å². The Morgan fingerprint density at radius 2 is 1.96 bits per heavy atom. The van der Waals surface area contributed by atoms with Crippen LogP contribution in [0.3, 0.4) is 0 Å². The molecule has 1 aromatic rings. The summed E-state index contributed by atoms with van der Waals surface area (Å²) in [4.78, 5) is 11.9. The van der Waals surface area contributed by atoms with E-state index in [1.54, 1.807) is 0 Å². The molecule has 1 aromatic carbocycles. The molecule has 146 valence electrons. The van der Waals surface area contributed by atoms with Gasteiger partial charge in [-0.3, -0.25) is 0 Å². The number of hydrogen-bond donors (Lipinski definition) is 1. The van der Waals surface area contributed by atoms with Gasteiger partial charge in [-0.05, 0) is 44.0 Å². The molecule has 1 fully saturated rings. The first-order valence-corrected chi connectivity index (χ1v) is 9.96. The summed E-state index contributed by atoms with van der Waals surface area (Å²) >= 11 is 0. The van der Waals surface area contributed by atoms with Crippen LogP contribution >= 0.6 is 0 Å². The van der Waals surface area contributed by atoms with E-state index in [2.05, 4.69) is 0 Å². The van der Waals surface area contributed by atoms with Gasteiger partial charge in [-0.1, -0.05) is 0 Å². The van der Waals surface area contributed by atoms with Gasteiger partial charge in [-0.15, -0.1) is 0 Å². The van der Waals surface area contributed by atoms with Crippen molar-refractivity contribution in [3.63, 3.8) is 0 Å². The lowest BCUT2D eigenvalue weighted by Gasteiger charge is -2.31. The summed E-state index contributed by atoms with van der Waals surface area (Å²) in [7, 11) is -1.06. The van der Waals surface area contributed by atoms with E-state index in [1.165, 1.54) is 36.7 Å². The summed E-state index contributed by atoms with van der Waals surface area (Å²) in [5.74, 6) is -0.381. The summed E-state index contributed by atoms with van der Waals surface area (Å²) in [6.45, 7) is 1.91. The molecule has 1 heterocycles. The molecule has 0 aliphatic carbocycles. The van der Waals surface area contributed by atoms with Crippen molar-refractivity contribution >= 4 is 16.0 Å². The van der Waals surface area contributed by atoms with E-state index >= 15 is 0 Å². The van der Waals surface area contributed by atoms with Gasteiger partial charge < -0.3 is 19.9 Å². The van der Waals surface area contributed by atoms with Crippen LogP contribution in [-0.2, 0) is 19.5 Å². The molecule has 2 rings (SSSR count). The van der Waals surface area contributed by atoms with Gasteiger partial charge in [0.1, 0.15) is 11.3 Å². The van der Waals surface area contributed by atoms with E-state index in [0.717, 1.165) is 6.42 Å². The minimum atomic E-state index is -3.71. The second-order valence-corrected chi connectivity index (χ2v) is 7.91. The molecule has 0 unspecified atom stereocenters. The maximum Gasteiger partial charge on any atom is 0.341 e. The molecule has 1 aliphatic heterocycles. The number of ether oxygens (including phenoxy) is 3. The Balaban J connectivity index is 2.12. The van der Waals surface area contributed by atoms with E-state index in [9.17, 15) is 13.2 Å². The fourth-order valence-corrected chi connectivity index (χ4v) is 4.34. The first-order chi connectivity index (χ1) is 12.4. The smallest absolute Gasteiger partial charge is 0.341 e. The summed E-state index contributed by atoms with van der Waals surface area (Å²) in [6.07, 6.45) is 2.10. The summed E-state index contributed by atoms with van der Waals surface area (Å²) in [6, 6.07) is 4.19. The highest BCUT2D eigenvalue weighted by atomic mass is 32.2. The van der Waals surface area contributed by atoms with Crippen LogP contribution in [0.2, 0.25) is 0 Å². The molecule has 2 N–H and O–H groups in total. The zero-order valence-corrected chi connectivity index (χ0v) is 16.0. The van der Waals surface area contributed by atoms with E-state index in [-0.39, 0.29) is 22.3 Å². The van der Waals surface area contributed by atoms with Crippen molar-refractivity contribution in [2.45, 2.75) is 30.3 Å². The van der Waals surface area contributed by atoms with Crippen LogP contribution in [0.15, 0.2) is 23.1 Å². The number of esters is 1. The Kier molecular flexibility index (Phi) is 7.39. The van der Waals surface area contributed by atoms with Crippen molar-refractivity contribution in [3.05, 3.63) is 23.8 Å². The molecule has 1 aliphatic rings. The van der Waals surface area contributed by atoms with Crippen LogP contribution in [0, 0.1) is 0 Å². The van der Waals surface area contributed by atoms with Crippen LogP contribution in [0.5, 0.6) is 5.75 Å². The Morgan fingerprint density at radius 3 is 2.54 bits per heavy atom. The Morgan fingerprint density at radius 1 is 1.27 bits per heavy atom. The molecule has 0 bridgehead atoms. The molecule has 1 saturated heterocycles. The first kappa shape index (κ1) is 20.6. The fourth-order valence-electron chi connectivity index (χ4n) is 2.84. The monoisotopic (exact) mass is 386 g/mol. The lowest BCUT2D eigenvalue weighted by atomic mass is 10.1. The van der Waals surface area contributed by atoms with Crippen molar-refractivity contribution in [1.82, 2.24) is 4.31 Å². The van der Waals surface area contributed by atoms with Gasteiger partial charge >= 0.3 is 5.97 Å². The average Bonchev–Trinajstić information content (AvgIpc) is 2.67. The zero-order valence-electron chi connectivity index (χ0n) is 15.1. The second-order valence-electron chi connectivity index (χ2n) is 5.97. The second kappa shape index (κ2) is 9.31. The number of carbonyl (C=O) groups excluding carboxylic acids is 1. The van der Waals surface area contributed by atoms with Gasteiger partial charge in [-0.25, -0.2) is 13.2 Å². The van der Waals surface area contributed by atoms with Gasteiger partial charge in [0.15, 0.2) is 0 Å². The molecular weight excluding hydrogens is 360 g/mol. The number of methoxy groups -OCH3 is 2. The number of hydrogen-bond acceptors (Lipinski definition) is 7. The summed E-state index contributed by atoms with van der Waals surface area (Å²) in [5.41, 5.74) is 5.52. The minimum Gasteiger partial charge on any atom is -0.496 e. The number of piperidine rings is 1. The number of carbonyl (C=O) groups is 1. The van der Waals surface area contributed by atoms with E-state index < -0.39 is 16.0 Å². The predicted octanol–water partition coefficient (Wildman–Crippen LogP) is 1.00. The third-order valence-electron chi connectivity index (χ3n) is 4.32. The van der Waals surface area contributed by atoms with Gasteiger partial charge in [0.25, 0.3) is 0 Å². The maximum atomic E-state index is 12.9. The van der Waals surface area contributed by atoms with Crippen molar-refractivity contribution in [1.29, 1.82) is 0 Å². The fraction of sp³-hybridized carbons (Fsp3) is 0.588. The van der Waals surface area contributed by atoms with Crippen LogP contribution in [0.4, 0.5) is 0 Å². The predicted molar refractivity (Wildman–Crippen MR) is 95.7 cm³/mol. The molecule has 26 heavy (non-hydrogen) atoms. The van der Waals surface area contributed by atoms with Gasteiger partial charge in [-0.2, -0.15) is 4.31 Å². The van der Waals surface area contributed by atoms with Crippen LogP contribution in [0.25, 0.3) is 0 Å². The standard InChI is InChI=1S/C17H26N2O6S/c1-23-16-5-4-14(12-15(16)17(20)24-2)26(21,22)19-9-6-13(7-10-19)25-11-3-8-18/h4-5,12-13H,3,6-11,18H2,1-2H3. The van der Waals surface area contributed by atoms with E-state index in [0.29, 0.717) is 39.1 Å². The summed E-state index contributed by atoms with van der Waals surface area (Å²) in [5, 5.41) is 0. The highest BCUT2D eigenvalue weighted by Crippen LogP contribution is 2.27. The van der Waals surface area contributed by atoms with Gasteiger partial charge in [0.2, 0.25) is 10.0 Å². The van der Waals surface area contributed by atoms with Gasteiger partial charge in [0.05, 0.1) is 25.2 Å². The molecule has 0 amide bonds. The van der Waals surface area contributed by atoms with Crippen molar-refractivity contribution < 1.29 is 27.4 Å². The third kappa shape index (κ3) is 4.73. The van der Waals surface area contributed by atoms with Crippen molar-refractivity contribution in [2.75, 3.05) is 40.5 Å². The number of benzene rings is 1. The van der Waals surface area contributed by atoms with Crippen LogP contribution < -0.4 is 10.5 Å². The maximum absolute atomic E-state index is 12.9. The molecule has 8 nitrogen and oxygen atoms in total. The SMILES string of the molecule is COC(=O)c1cc(S(=O)(=O)N2CCC(OCCCN)CC2)ccc1OC. The Bertz CT molecular complexity index is 714. The van der Waals surface area contributed by atoms with E-state index in [4.69, 9.17) is 19.9 Å².